The number of para-hydroxylation sites is 1. The zero-order chi connectivity index (χ0) is 13.1. The molecule has 0 radical (unpaired) electrons. The average molecular weight is 275 g/mol. The molecule has 1 heterocycles. The molecule has 0 spiro atoms. The van der Waals surface area contributed by atoms with Gasteiger partial charge in [-0.1, -0.05) is 18.2 Å². The van der Waals surface area contributed by atoms with Gasteiger partial charge in [-0.3, -0.25) is 4.21 Å². The number of hydrogen-bond acceptors (Lipinski definition) is 3. The molecule has 1 aromatic carbocycles. The van der Waals surface area contributed by atoms with Crippen LogP contribution in [0, 0.1) is 5.92 Å². The van der Waals surface area contributed by atoms with E-state index in [1.54, 1.807) is 12.4 Å². The second-order valence-corrected chi connectivity index (χ2v) is 6.23. The van der Waals surface area contributed by atoms with Gasteiger partial charge in [0, 0.05) is 24.6 Å². The van der Waals surface area contributed by atoms with E-state index in [1.165, 1.54) is 12.8 Å². The van der Waals surface area contributed by atoms with E-state index in [1.807, 2.05) is 18.2 Å². The molecule has 1 aliphatic rings. The Labute approximate surface area is 115 Å². The molecule has 1 aliphatic carbocycles. The lowest BCUT2D eigenvalue weighted by Gasteiger charge is -2.10. The van der Waals surface area contributed by atoms with Crippen LogP contribution in [0.1, 0.15) is 18.4 Å². The molecule has 19 heavy (non-hydrogen) atoms. The van der Waals surface area contributed by atoms with Gasteiger partial charge in [-0.15, -0.1) is 0 Å². The quantitative estimate of drug-likeness (QED) is 0.851. The number of aromatic nitrogens is 2. The highest BCUT2D eigenvalue weighted by Gasteiger charge is 2.21. The Morgan fingerprint density at radius 1 is 1.37 bits per heavy atom. The molecular weight excluding hydrogens is 258 g/mol. The summed E-state index contributed by atoms with van der Waals surface area (Å²) in [5.74, 6) is 1.31. The number of aromatic amines is 1. The first-order chi connectivity index (χ1) is 9.33. The van der Waals surface area contributed by atoms with Crippen molar-refractivity contribution in [1.82, 2.24) is 9.97 Å². The molecule has 100 valence electrons. The van der Waals surface area contributed by atoms with Gasteiger partial charge in [0.1, 0.15) is 0 Å². The predicted octanol–water partition coefficient (Wildman–Crippen LogP) is 2.54. The van der Waals surface area contributed by atoms with Crippen molar-refractivity contribution in [2.24, 2.45) is 5.92 Å². The molecule has 0 saturated heterocycles. The first-order valence-corrected chi connectivity index (χ1v) is 7.84. The van der Waals surface area contributed by atoms with Crippen LogP contribution in [0.3, 0.4) is 0 Å². The number of anilines is 1. The predicted molar refractivity (Wildman–Crippen MR) is 76.4 cm³/mol. The lowest BCUT2D eigenvalue weighted by molar-refractivity contribution is 0.677. The number of nitrogens with zero attached hydrogens (tertiary/aromatic N) is 1. The Kier molecular flexibility index (Phi) is 3.64. The Morgan fingerprint density at radius 2 is 2.21 bits per heavy atom. The van der Waals surface area contributed by atoms with Crippen LogP contribution >= 0.6 is 0 Å². The van der Waals surface area contributed by atoms with Crippen molar-refractivity contribution in [2.45, 2.75) is 23.8 Å². The SMILES string of the molecule is O=S(Cc1ccccc1NCC1CC1)c1ncc[nH]1. The van der Waals surface area contributed by atoms with Crippen molar-refractivity contribution >= 4 is 16.5 Å². The number of rotatable bonds is 6. The van der Waals surface area contributed by atoms with Crippen LogP contribution in [0.15, 0.2) is 41.8 Å². The van der Waals surface area contributed by atoms with E-state index in [0.717, 1.165) is 23.7 Å². The van der Waals surface area contributed by atoms with Crippen molar-refractivity contribution in [2.75, 3.05) is 11.9 Å². The van der Waals surface area contributed by atoms with E-state index in [4.69, 9.17) is 0 Å². The standard InChI is InChI=1S/C14H17N3OS/c18-19(14-15-7-8-16-14)10-12-3-1-2-4-13(12)17-9-11-5-6-11/h1-4,7-8,11,17H,5-6,9-10H2,(H,15,16). The number of hydrogen-bond donors (Lipinski definition) is 2. The van der Waals surface area contributed by atoms with Crippen LogP contribution in [-0.2, 0) is 16.6 Å². The van der Waals surface area contributed by atoms with Crippen molar-refractivity contribution in [1.29, 1.82) is 0 Å². The molecule has 0 aliphatic heterocycles. The third kappa shape index (κ3) is 3.23. The maximum Gasteiger partial charge on any atom is 0.196 e. The number of nitrogens with one attached hydrogen (secondary N) is 2. The minimum absolute atomic E-state index is 0.487. The zero-order valence-electron chi connectivity index (χ0n) is 10.6. The van der Waals surface area contributed by atoms with Gasteiger partial charge < -0.3 is 10.3 Å². The summed E-state index contributed by atoms with van der Waals surface area (Å²) in [4.78, 5) is 6.96. The molecule has 2 aromatic rings. The maximum absolute atomic E-state index is 12.2. The number of benzene rings is 1. The Balaban J connectivity index is 1.70. The van der Waals surface area contributed by atoms with Crippen LogP contribution in [0.25, 0.3) is 0 Å². The Hall–Kier alpha value is -1.62. The van der Waals surface area contributed by atoms with Crippen LogP contribution < -0.4 is 5.32 Å². The normalized spacial score (nSPS) is 16.2. The van der Waals surface area contributed by atoms with Crippen molar-refractivity contribution in [3.05, 3.63) is 42.2 Å². The van der Waals surface area contributed by atoms with Gasteiger partial charge >= 0.3 is 0 Å². The first-order valence-electron chi connectivity index (χ1n) is 6.52. The summed E-state index contributed by atoms with van der Waals surface area (Å²) in [6.45, 7) is 1.02. The molecule has 0 bridgehead atoms. The van der Waals surface area contributed by atoms with Gasteiger partial charge in [0.25, 0.3) is 0 Å². The van der Waals surface area contributed by atoms with E-state index in [9.17, 15) is 4.21 Å². The lowest BCUT2D eigenvalue weighted by Crippen LogP contribution is -2.07. The summed E-state index contributed by atoms with van der Waals surface area (Å²) >= 11 is 0. The molecule has 3 rings (SSSR count). The first kappa shape index (κ1) is 12.4. The molecule has 0 amide bonds. The molecular formula is C14H17N3OS. The number of imidazole rings is 1. The third-order valence-corrected chi connectivity index (χ3v) is 4.50. The minimum atomic E-state index is -1.12. The second kappa shape index (κ2) is 5.57. The largest absolute Gasteiger partial charge is 0.385 e. The number of H-pyrrole nitrogens is 1. The zero-order valence-corrected chi connectivity index (χ0v) is 11.5. The van der Waals surface area contributed by atoms with Crippen LogP contribution in [-0.4, -0.2) is 20.7 Å². The summed E-state index contributed by atoms with van der Waals surface area (Å²) in [5.41, 5.74) is 2.17. The van der Waals surface area contributed by atoms with Crippen molar-refractivity contribution < 1.29 is 4.21 Å². The fraction of sp³-hybridized carbons (Fsp3) is 0.357. The van der Waals surface area contributed by atoms with Crippen molar-refractivity contribution in [3.63, 3.8) is 0 Å². The fourth-order valence-electron chi connectivity index (χ4n) is 1.98. The molecule has 1 fully saturated rings. The molecule has 1 unspecified atom stereocenters. The summed E-state index contributed by atoms with van der Waals surface area (Å²) in [5, 5.41) is 4.00. The van der Waals surface area contributed by atoms with Gasteiger partial charge in [-0.05, 0) is 30.4 Å². The van der Waals surface area contributed by atoms with E-state index in [0.29, 0.717) is 10.9 Å². The van der Waals surface area contributed by atoms with Gasteiger partial charge in [0.05, 0.1) is 16.6 Å². The average Bonchev–Trinajstić information content (AvgIpc) is 3.09. The Morgan fingerprint density at radius 3 is 2.95 bits per heavy atom. The summed E-state index contributed by atoms with van der Waals surface area (Å²) < 4.78 is 12.2. The smallest absolute Gasteiger partial charge is 0.196 e. The van der Waals surface area contributed by atoms with Crippen LogP contribution in [0.4, 0.5) is 5.69 Å². The minimum Gasteiger partial charge on any atom is -0.385 e. The van der Waals surface area contributed by atoms with Gasteiger partial charge in [-0.25, -0.2) is 4.98 Å². The highest BCUT2D eigenvalue weighted by Crippen LogP contribution is 2.29. The van der Waals surface area contributed by atoms with Gasteiger partial charge in [0.2, 0.25) is 0 Å². The van der Waals surface area contributed by atoms with E-state index < -0.39 is 10.8 Å². The van der Waals surface area contributed by atoms with Crippen molar-refractivity contribution in [3.8, 4) is 0 Å². The van der Waals surface area contributed by atoms with E-state index in [-0.39, 0.29) is 0 Å². The monoisotopic (exact) mass is 275 g/mol. The summed E-state index contributed by atoms with van der Waals surface area (Å²) in [6, 6.07) is 8.07. The van der Waals surface area contributed by atoms with Gasteiger partial charge in [0.15, 0.2) is 5.16 Å². The Bertz CT molecular complexity index is 564. The fourth-order valence-corrected chi connectivity index (χ4v) is 3.03. The molecule has 1 aromatic heterocycles. The highest BCUT2D eigenvalue weighted by molar-refractivity contribution is 7.84. The molecule has 2 N–H and O–H groups in total. The van der Waals surface area contributed by atoms with Crippen LogP contribution in [0.2, 0.25) is 0 Å². The van der Waals surface area contributed by atoms with Gasteiger partial charge in [-0.2, -0.15) is 0 Å². The lowest BCUT2D eigenvalue weighted by atomic mass is 10.2. The summed E-state index contributed by atoms with van der Waals surface area (Å²) in [6.07, 6.45) is 5.98. The van der Waals surface area contributed by atoms with E-state index >= 15 is 0 Å². The maximum atomic E-state index is 12.2. The third-order valence-electron chi connectivity index (χ3n) is 3.27. The molecule has 1 saturated carbocycles. The highest BCUT2D eigenvalue weighted by atomic mass is 32.2. The second-order valence-electron chi connectivity index (χ2n) is 4.87. The molecule has 4 nitrogen and oxygen atoms in total. The molecule has 5 heteroatoms. The summed E-state index contributed by atoms with van der Waals surface area (Å²) in [7, 11) is -1.12. The van der Waals surface area contributed by atoms with Crippen LogP contribution in [0.5, 0.6) is 0 Å². The topological polar surface area (TPSA) is 57.8 Å². The molecule has 1 atom stereocenters. The van der Waals surface area contributed by atoms with E-state index in [2.05, 4.69) is 21.4 Å².